The van der Waals surface area contributed by atoms with E-state index < -0.39 is 0 Å². The summed E-state index contributed by atoms with van der Waals surface area (Å²) in [6, 6.07) is 4.26. The first-order chi connectivity index (χ1) is 9.83. The fourth-order valence-electron chi connectivity index (χ4n) is 2.53. The minimum absolute atomic E-state index is 0.636. The molecule has 1 N–H and O–H groups in total. The van der Waals surface area contributed by atoms with Gasteiger partial charge in [0.15, 0.2) is 0 Å². The first-order valence-corrected chi connectivity index (χ1v) is 7.22. The second-order valence-electron chi connectivity index (χ2n) is 5.25. The van der Waals surface area contributed by atoms with Crippen LogP contribution in [0.25, 0.3) is 0 Å². The van der Waals surface area contributed by atoms with Gasteiger partial charge in [-0.2, -0.15) is 0 Å². The lowest BCUT2D eigenvalue weighted by molar-refractivity contribution is 0.161. The molecular formula is C15H25N3O2. The van der Waals surface area contributed by atoms with Crippen molar-refractivity contribution in [2.45, 2.75) is 13.0 Å². The lowest BCUT2D eigenvalue weighted by atomic mass is 10.1. The van der Waals surface area contributed by atoms with Crippen molar-refractivity contribution < 1.29 is 9.47 Å². The van der Waals surface area contributed by atoms with E-state index in [0.717, 1.165) is 45.2 Å². The van der Waals surface area contributed by atoms with Gasteiger partial charge in [-0.1, -0.05) is 6.07 Å². The molecule has 2 heterocycles. The van der Waals surface area contributed by atoms with Crippen molar-refractivity contribution in [1.82, 2.24) is 10.3 Å². The molecule has 1 unspecified atom stereocenters. The number of rotatable bonds is 8. The molecule has 1 aliphatic heterocycles. The van der Waals surface area contributed by atoms with Gasteiger partial charge in [0.05, 0.1) is 13.2 Å². The van der Waals surface area contributed by atoms with Crippen LogP contribution in [0.1, 0.15) is 12.0 Å². The molecule has 5 heteroatoms. The Kier molecular flexibility index (Phi) is 6.24. The second kappa shape index (κ2) is 8.19. The van der Waals surface area contributed by atoms with E-state index in [1.165, 1.54) is 12.0 Å². The quantitative estimate of drug-likeness (QED) is 0.727. The van der Waals surface area contributed by atoms with Crippen LogP contribution in [0.5, 0.6) is 0 Å². The van der Waals surface area contributed by atoms with Crippen molar-refractivity contribution in [3.05, 3.63) is 23.9 Å². The number of nitrogens with zero attached hydrogens (tertiary/aromatic N) is 2. The predicted octanol–water partition coefficient (Wildman–Crippen LogP) is 1.29. The summed E-state index contributed by atoms with van der Waals surface area (Å²) in [6.45, 7) is 5.41. The molecule has 0 amide bonds. The fourth-order valence-corrected chi connectivity index (χ4v) is 2.53. The Morgan fingerprint density at radius 1 is 1.35 bits per heavy atom. The van der Waals surface area contributed by atoms with E-state index in [2.05, 4.69) is 27.3 Å². The number of hydrogen-bond donors (Lipinski definition) is 1. The minimum atomic E-state index is 0.636. The van der Waals surface area contributed by atoms with E-state index in [0.29, 0.717) is 5.92 Å². The van der Waals surface area contributed by atoms with Gasteiger partial charge in [0.2, 0.25) is 0 Å². The van der Waals surface area contributed by atoms with Gasteiger partial charge in [0.1, 0.15) is 5.82 Å². The maximum absolute atomic E-state index is 5.23. The molecule has 0 aromatic carbocycles. The molecule has 5 nitrogen and oxygen atoms in total. The molecule has 20 heavy (non-hydrogen) atoms. The third-order valence-corrected chi connectivity index (χ3v) is 3.63. The van der Waals surface area contributed by atoms with Crippen LogP contribution < -0.4 is 10.2 Å². The maximum Gasteiger partial charge on any atom is 0.128 e. The van der Waals surface area contributed by atoms with Gasteiger partial charge in [-0.05, 0) is 18.1 Å². The normalized spacial score (nSPS) is 18.7. The van der Waals surface area contributed by atoms with Gasteiger partial charge in [-0.3, -0.25) is 0 Å². The van der Waals surface area contributed by atoms with Crippen LogP contribution in [0.3, 0.4) is 0 Å². The van der Waals surface area contributed by atoms with E-state index in [-0.39, 0.29) is 0 Å². The molecule has 1 fully saturated rings. The smallest absolute Gasteiger partial charge is 0.128 e. The number of aromatic nitrogens is 1. The molecule has 0 spiro atoms. The molecule has 0 aliphatic carbocycles. The molecule has 0 bridgehead atoms. The Balaban J connectivity index is 1.79. The van der Waals surface area contributed by atoms with Crippen molar-refractivity contribution >= 4 is 5.82 Å². The fraction of sp³-hybridized carbons (Fsp3) is 0.667. The van der Waals surface area contributed by atoms with Crippen molar-refractivity contribution in [1.29, 1.82) is 0 Å². The summed E-state index contributed by atoms with van der Waals surface area (Å²) in [5.41, 5.74) is 1.21. The van der Waals surface area contributed by atoms with Crippen LogP contribution in [0.2, 0.25) is 0 Å². The van der Waals surface area contributed by atoms with Gasteiger partial charge in [0.25, 0.3) is 0 Å². The van der Waals surface area contributed by atoms with Crippen LogP contribution in [0, 0.1) is 5.92 Å². The maximum atomic E-state index is 5.23. The van der Waals surface area contributed by atoms with Crippen LogP contribution in [0.15, 0.2) is 18.3 Å². The number of hydrogen-bond acceptors (Lipinski definition) is 5. The Morgan fingerprint density at radius 3 is 2.95 bits per heavy atom. The van der Waals surface area contributed by atoms with Crippen molar-refractivity contribution in [3.8, 4) is 0 Å². The van der Waals surface area contributed by atoms with Gasteiger partial charge in [-0.25, -0.2) is 4.98 Å². The average molecular weight is 279 g/mol. The summed E-state index contributed by atoms with van der Waals surface area (Å²) >= 11 is 0. The topological polar surface area (TPSA) is 46.6 Å². The third kappa shape index (κ3) is 4.44. The largest absolute Gasteiger partial charge is 0.384 e. The zero-order chi connectivity index (χ0) is 14.2. The highest BCUT2D eigenvalue weighted by atomic mass is 16.5. The molecule has 1 aliphatic rings. The number of methoxy groups -OCH3 is 2. The molecular weight excluding hydrogens is 254 g/mol. The zero-order valence-corrected chi connectivity index (χ0v) is 12.5. The highest BCUT2D eigenvalue weighted by Gasteiger charge is 2.23. The number of pyridine rings is 1. The Morgan fingerprint density at radius 2 is 2.25 bits per heavy atom. The summed E-state index contributed by atoms with van der Waals surface area (Å²) in [4.78, 5) is 6.91. The standard InChI is InChI=1S/C15H25N3O2/c1-19-8-6-16-9-13-3-4-15(17-10-13)18-7-5-14(11-18)12-20-2/h3-4,10,14,16H,5-9,11-12H2,1-2H3. The van der Waals surface area contributed by atoms with Crippen LogP contribution in [-0.4, -0.2) is 52.1 Å². The van der Waals surface area contributed by atoms with E-state index in [9.17, 15) is 0 Å². The first kappa shape index (κ1) is 15.2. The zero-order valence-electron chi connectivity index (χ0n) is 12.5. The SMILES string of the molecule is COCCNCc1ccc(N2CCC(COC)C2)nc1. The van der Waals surface area contributed by atoms with Gasteiger partial charge >= 0.3 is 0 Å². The van der Waals surface area contributed by atoms with Crippen molar-refractivity contribution in [2.75, 3.05) is 52.0 Å². The van der Waals surface area contributed by atoms with Crippen molar-refractivity contribution in [2.24, 2.45) is 5.92 Å². The molecule has 112 valence electrons. The summed E-state index contributed by atoms with van der Waals surface area (Å²) in [5.74, 6) is 1.71. The predicted molar refractivity (Wildman–Crippen MR) is 80.0 cm³/mol. The molecule has 1 aromatic heterocycles. The Bertz CT molecular complexity index is 383. The Labute approximate surface area is 121 Å². The van der Waals surface area contributed by atoms with Crippen LogP contribution >= 0.6 is 0 Å². The number of anilines is 1. The monoisotopic (exact) mass is 279 g/mol. The summed E-state index contributed by atoms with van der Waals surface area (Å²) < 4.78 is 10.2. The Hall–Kier alpha value is -1.17. The van der Waals surface area contributed by atoms with Gasteiger partial charge in [0, 0.05) is 52.5 Å². The lowest BCUT2D eigenvalue weighted by Crippen LogP contribution is -2.22. The molecule has 1 atom stereocenters. The van der Waals surface area contributed by atoms with E-state index in [4.69, 9.17) is 9.47 Å². The highest BCUT2D eigenvalue weighted by molar-refractivity contribution is 5.40. The second-order valence-corrected chi connectivity index (χ2v) is 5.25. The van der Waals surface area contributed by atoms with E-state index in [1.807, 2.05) is 6.20 Å². The summed E-state index contributed by atoms with van der Waals surface area (Å²) in [6.07, 6.45) is 3.15. The lowest BCUT2D eigenvalue weighted by Gasteiger charge is -2.17. The van der Waals surface area contributed by atoms with E-state index >= 15 is 0 Å². The minimum Gasteiger partial charge on any atom is -0.384 e. The highest BCUT2D eigenvalue weighted by Crippen LogP contribution is 2.22. The molecule has 2 rings (SSSR count). The summed E-state index contributed by atoms with van der Waals surface area (Å²) in [5, 5.41) is 3.32. The average Bonchev–Trinajstić information content (AvgIpc) is 2.93. The molecule has 0 radical (unpaired) electrons. The first-order valence-electron chi connectivity index (χ1n) is 7.22. The molecule has 0 saturated carbocycles. The van der Waals surface area contributed by atoms with E-state index in [1.54, 1.807) is 14.2 Å². The number of nitrogens with one attached hydrogen (secondary N) is 1. The van der Waals surface area contributed by atoms with Gasteiger partial charge in [-0.15, -0.1) is 0 Å². The van der Waals surface area contributed by atoms with Crippen LogP contribution in [-0.2, 0) is 16.0 Å². The van der Waals surface area contributed by atoms with Crippen LogP contribution in [0.4, 0.5) is 5.82 Å². The summed E-state index contributed by atoms with van der Waals surface area (Å²) in [7, 11) is 3.48. The van der Waals surface area contributed by atoms with Gasteiger partial charge < -0.3 is 19.7 Å². The third-order valence-electron chi connectivity index (χ3n) is 3.63. The molecule has 1 aromatic rings. The number of ether oxygens (including phenoxy) is 2. The molecule has 1 saturated heterocycles. The van der Waals surface area contributed by atoms with Crippen molar-refractivity contribution in [3.63, 3.8) is 0 Å².